The summed E-state index contributed by atoms with van der Waals surface area (Å²) in [5.41, 5.74) is 4.27. The maximum Gasteiger partial charge on any atom is 0.277 e. The molecule has 1 aliphatic rings. The standard InChI is InChI=1S/C23H21N3O3S/c1-28-16-8-6-7-15(13-16)22-24-25-23(29-22)30-14-21(27)26-19-11-4-2-9-17(19)18-10-3-5-12-20(18)26/h2,4,6-9,11,13H,3,5,10,12,14H2,1H3. The molecule has 2 heterocycles. The van der Waals surface area contributed by atoms with E-state index >= 15 is 0 Å². The molecular weight excluding hydrogens is 398 g/mol. The van der Waals surface area contributed by atoms with Gasteiger partial charge in [0.05, 0.1) is 18.4 Å². The number of para-hydroxylation sites is 1. The number of thioether (sulfide) groups is 1. The largest absolute Gasteiger partial charge is 0.497 e. The lowest BCUT2D eigenvalue weighted by atomic mass is 9.96. The fourth-order valence-electron chi connectivity index (χ4n) is 4.11. The number of benzene rings is 2. The van der Waals surface area contributed by atoms with Crippen molar-refractivity contribution >= 4 is 28.6 Å². The van der Waals surface area contributed by atoms with Gasteiger partial charge in [-0.15, -0.1) is 10.2 Å². The Morgan fingerprint density at radius 3 is 2.90 bits per heavy atom. The highest BCUT2D eigenvalue weighted by Crippen LogP contribution is 2.33. The van der Waals surface area contributed by atoms with Crippen molar-refractivity contribution in [3.63, 3.8) is 0 Å². The molecule has 0 bridgehead atoms. The zero-order chi connectivity index (χ0) is 20.5. The first-order valence-corrected chi connectivity index (χ1v) is 11.0. The first kappa shape index (κ1) is 18.9. The quantitative estimate of drug-likeness (QED) is 0.424. The van der Waals surface area contributed by atoms with Crippen LogP contribution >= 0.6 is 11.8 Å². The minimum Gasteiger partial charge on any atom is -0.497 e. The van der Waals surface area contributed by atoms with Gasteiger partial charge in [-0.25, -0.2) is 0 Å². The van der Waals surface area contributed by atoms with Crippen LogP contribution < -0.4 is 4.74 Å². The summed E-state index contributed by atoms with van der Waals surface area (Å²) in [4.78, 5) is 13.2. The molecule has 2 aromatic heterocycles. The summed E-state index contributed by atoms with van der Waals surface area (Å²) >= 11 is 1.27. The number of carbonyl (C=O) groups excluding carboxylic acids is 1. The summed E-state index contributed by atoms with van der Waals surface area (Å²) in [5, 5.41) is 9.79. The lowest BCUT2D eigenvalue weighted by Crippen LogP contribution is -2.18. The van der Waals surface area contributed by atoms with Gasteiger partial charge in [-0.2, -0.15) is 0 Å². The second-order valence-corrected chi connectivity index (χ2v) is 8.20. The molecule has 0 radical (unpaired) electrons. The van der Waals surface area contributed by atoms with Crippen LogP contribution in [0.1, 0.15) is 28.9 Å². The summed E-state index contributed by atoms with van der Waals surface area (Å²) < 4.78 is 12.9. The van der Waals surface area contributed by atoms with Crippen molar-refractivity contribution in [2.75, 3.05) is 12.9 Å². The van der Waals surface area contributed by atoms with Crippen LogP contribution in [0.25, 0.3) is 22.4 Å². The molecule has 0 atom stereocenters. The van der Waals surface area contributed by atoms with Gasteiger partial charge in [0.1, 0.15) is 5.75 Å². The summed E-state index contributed by atoms with van der Waals surface area (Å²) in [6.45, 7) is 0. The fraction of sp³-hybridized carbons (Fsp3) is 0.261. The maximum atomic E-state index is 13.2. The molecule has 30 heavy (non-hydrogen) atoms. The molecule has 4 aromatic rings. The minimum atomic E-state index is 0.0421. The number of hydrogen-bond donors (Lipinski definition) is 0. The zero-order valence-electron chi connectivity index (χ0n) is 16.6. The summed E-state index contributed by atoms with van der Waals surface area (Å²) in [7, 11) is 1.61. The Bertz CT molecular complexity index is 1230. The van der Waals surface area contributed by atoms with Crippen molar-refractivity contribution in [2.24, 2.45) is 0 Å². The smallest absolute Gasteiger partial charge is 0.277 e. The third kappa shape index (κ3) is 3.39. The average molecular weight is 420 g/mol. The van der Waals surface area contributed by atoms with Gasteiger partial charge in [-0.05, 0) is 55.5 Å². The molecule has 0 amide bonds. The van der Waals surface area contributed by atoms with Crippen molar-refractivity contribution < 1.29 is 13.9 Å². The van der Waals surface area contributed by atoms with Gasteiger partial charge in [0.25, 0.3) is 5.22 Å². The van der Waals surface area contributed by atoms with Gasteiger partial charge < -0.3 is 9.15 Å². The number of ether oxygens (including phenoxy) is 1. The number of methoxy groups -OCH3 is 1. The maximum absolute atomic E-state index is 13.2. The molecule has 0 spiro atoms. The molecule has 2 aromatic carbocycles. The van der Waals surface area contributed by atoms with Crippen molar-refractivity contribution in [1.82, 2.24) is 14.8 Å². The highest BCUT2D eigenvalue weighted by molar-refractivity contribution is 7.99. The van der Waals surface area contributed by atoms with Crippen molar-refractivity contribution in [1.29, 1.82) is 0 Å². The third-order valence-electron chi connectivity index (χ3n) is 5.47. The number of rotatable bonds is 5. The highest BCUT2D eigenvalue weighted by Gasteiger charge is 2.23. The molecule has 152 valence electrons. The van der Waals surface area contributed by atoms with Crippen molar-refractivity contribution in [3.8, 4) is 17.2 Å². The predicted octanol–water partition coefficient (Wildman–Crippen LogP) is 5.01. The van der Waals surface area contributed by atoms with Crippen LogP contribution in [0.5, 0.6) is 5.75 Å². The number of aromatic nitrogens is 3. The van der Waals surface area contributed by atoms with Gasteiger partial charge in [-0.1, -0.05) is 36.0 Å². The number of aryl methyl sites for hydroxylation is 1. The molecule has 5 rings (SSSR count). The first-order valence-electron chi connectivity index (χ1n) is 9.99. The van der Waals surface area contributed by atoms with E-state index in [4.69, 9.17) is 9.15 Å². The Hall–Kier alpha value is -3.06. The molecule has 0 unspecified atom stereocenters. The molecule has 0 aliphatic heterocycles. The summed E-state index contributed by atoms with van der Waals surface area (Å²) in [6.07, 6.45) is 4.29. The Labute approximate surface area is 178 Å². The van der Waals surface area contributed by atoms with Gasteiger partial charge >= 0.3 is 0 Å². The normalized spacial score (nSPS) is 13.4. The van der Waals surface area contributed by atoms with Crippen LogP contribution in [-0.2, 0) is 12.8 Å². The Kier molecular flexibility index (Phi) is 5.04. The lowest BCUT2D eigenvalue weighted by Gasteiger charge is -2.14. The zero-order valence-corrected chi connectivity index (χ0v) is 17.4. The van der Waals surface area contributed by atoms with Crippen LogP contribution in [0.4, 0.5) is 0 Å². The number of hydrogen-bond acceptors (Lipinski definition) is 6. The average Bonchev–Trinajstić information content (AvgIpc) is 3.40. The minimum absolute atomic E-state index is 0.0421. The van der Waals surface area contributed by atoms with E-state index in [0.717, 1.165) is 41.8 Å². The van der Waals surface area contributed by atoms with Crippen LogP contribution in [0.3, 0.4) is 0 Å². The first-order chi connectivity index (χ1) is 14.7. The molecule has 0 saturated heterocycles. The summed E-state index contributed by atoms with van der Waals surface area (Å²) in [5.74, 6) is 1.41. The topological polar surface area (TPSA) is 70.2 Å². The molecular formula is C23H21N3O3S. The number of carbonyl (C=O) groups is 1. The van der Waals surface area contributed by atoms with Crippen LogP contribution in [0.15, 0.2) is 58.2 Å². The second kappa shape index (κ2) is 7.99. The Morgan fingerprint density at radius 2 is 2.00 bits per heavy atom. The number of nitrogens with zero attached hydrogens (tertiary/aromatic N) is 3. The van der Waals surface area contributed by atoms with E-state index in [9.17, 15) is 4.79 Å². The monoisotopic (exact) mass is 419 g/mol. The molecule has 6 nitrogen and oxygen atoms in total. The predicted molar refractivity (Wildman–Crippen MR) is 116 cm³/mol. The van der Waals surface area contributed by atoms with E-state index in [1.54, 1.807) is 7.11 Å². The van der Waals surface area contributed by atoms with Crippen molar-refractivity contribution in [2.45, 2.75) is 30.9 Å². The van der Waals surface area contributed by atoms with Gasteiger partial charge in [0.15, 0.2) is 0 Å². The second-order valence-electron chi connectivity index (χ2n) is 7.27. The molecule has 0 N–H and O–H groups in total. The van der Waals surface area contributed by atoms with E-state index in [0.29, 0.717) is 11.1 Å². The van der Waals surface area contributed by atoms with Crippen LogP contribution in [0, 0.1) is 0 Å². The van der Waals surface area contributed by atoms with E-state index in [2.05, 4.69) is 16.3 Å². The van der Waals surface area contributed by atoms with E-state index in [1.165, 1.54) is 29.1 Å². The lowest BCUT2D eigenvalue weighted by molar-refractivity contribution is 0.0943. The fourth-order valence-corrected chi connectivity index (χ4v) is 4.72. The van der Waals surface area contributed by atoms with E-state index in [-0.39, 0.29) is 11.7 Å². The van der Waals surface area contributed by atoms with Crippen molar-refractivity contribution in [3.05, 3.63) is 59.8 Å². The number of fused-ring (bicyclic) bond motifs is 3. The molecule has 0 saturated carbocycles. The van der Waals surface area contributed by atoms with E-state index < -0.39 is 0 Å². The molecule has 0 fully saturated rings. The van der Waals surface area contributed by atoms with Gasteiger partial charge in [-0.3, -0.25) is 9.36 Å². The molecule has 1 aliphatic carbocycles. The molecule has 7 heteroatoms. The van der Waals surface area contributed by atoms with E-state index in [1.807, 2.05) is 47.0 Å². The van der Waals surface area contributed by atoms with Crippen LogP contribution in [-0.4, -0.2) is 33.5 Å². The highest BCUT2D eigenvalue weighted by atomic mass is 32.2. The van der Waals surface area contributed by atoms with Gasteiger partial charge in [0.2, 0.25) is 11.8 Å². The Morgan fingerprint density at radius 1 is 1.13 bits per heavy atom. The summed E-state index contributed by atoms with van der Waals surface area (Å²) in [6, 6.07) is 15.6. The van der Waals surface area contributed by atoms with Gasteiger partial charge in [0, 0.05) is 16.6 Å². The Balaban J connectivity index is 1.37. The third-order valence-corrected chi connectivity index (χ3v) is 6.27. The SMILES string of the molecule is COc1cccc(-c2nnc(SCC(=O)n3c4c(c5ccccc53)CCCC4)o2)c1. The van der Waals surface area contributed by atoms with Crippen LogP contribution in [0.2, 0.25) is 0 Å².